The maximum Gasteiger partial charge on any atom is 0.341 e. The van der Waals surface area contributed by atoms with Crippen molar-refractivity contribution >= 4 is 38.2 Å². The minimum absolute atomic E-state index is 0.109. The highest BCUT2D eigenvalue weighted by molar-refractivity contribution is 7.89. The molecule has 166 valence electrons. The Labute approximate surface area is 186 Å². The Morgan fingerprint density at radius 3 is 2.61 bits per heavy atom. The molecule has 31 heavy (non-hydrogen) atoms. The van der Waals surface area contributed by atoms with E-state index in [1.807, 2.05) is 0 Å². The number of nitrogens with one attached hydrogen (secondary N) is 1. The molecule has 1 aromatic heterocycles. The molecule has 1 aromatic carbocycles. The number of carbonyl (C=O) groups is 2. The van der Waals surface area contributed by atoms with Crippen LogP contribution in [-0.4, -0.2) is 44.3 Å². The quantitative estimate of drug-likeness (QED) is 0.659. The van der Waals surface area contributed by atoms with Crippen molar-refractivity contribution in [1.29, 1.82) is 0 Å². The van der Waals surface area contributed by atoms with E-state index in [1.165, 1.54) is 27.8 Å². The van der Waals surface area contributed by atoms with E-state index >= 15 is 0 Å². The Hall–Kier alpha value is -2.23. The third-order valence-electron chi connectivity index (χ3n) is 5.68. The number of hydrogen-bond acceptors (Lipinski definition) is 6. The van der Waals surface area contributed by atoms with Crippen LogP contribution in [0, 0.1) is 0 Å². The lowest BCUT2D eigenvalue weighted by atomic mass is 9.95. The number of carbonyl (C=O) groups excluding carboxylic acids is 2. The molecule has 1 fully saturated rings. The summed E-state index contributed by atoms with van der Waals surface area (Å²) < 4.78 is 32.4. The van der Waals surface area contributed by atoms with Gasteiger partial charge < -0.3 is 10.1 Å². The van der Waals surface area contributed by atoms with E-state index in [4.69, 9.17) is 4.74 Å². The van der Waals surface area contributed by atoms with Crippen LogP contribution in [0.3, 0.4) is 0 Å². The van der Waals surface area contributed by atoms with Gasteiger partial charge in [0.2, 0.25) is 10.0 Å². The maximum absolute atomic E-state index is 13.0. The van der Waals surface area contributed by atoms with Gasteiger partial charge in [0.25, 0.3) is 5.91 Å². The van der Waals surface area contributed by atoms with Crippen LogP contribution in [0.2, 0.25) is 0 Å². The molecule has 0 radical (unpaired) electrons. The molecule has 2 aromatic rings. The number of rotatable bonds is 6. The number of aryl methyl sites for hydroxylation is 1. The van der Waals surface area contributed by atoms with E-state index in [9.17, 15) is 18.0 Å². The van der Waals surface area contributed by atoms with Crippen molar-refractivity contribution in [2.45, 2.75) is 50.3 Å². The van der Waals surface area contributed by atoms with Gasteiger partial charge in [-0.2, -0.15) is 4.31 Å². The van der Waals surface area contributed by atoms with Crippen molar-refractivity contribution in [1.82, 2.24) is 4.31 Å². The monoisotopic (exact) mass is 462 g/mol. The van der Waals surface area contributed by atoms with E-state index in [-0.39, 0.29) is 17.1 Å². The van der Waals surface area contributed by atoms with Crippen LogP contribution in [0.5, 0.6) is 0 Å². The number of amides is 1. The molecule has 2 heterocycles. The molecule has 0 unspecified atom stereocenters. The SMILES string of the molecule is CCOC(=O)c1c(NC(=O)c2cccc(S(=O)(=O)N3CCCC3)c2)sc2c1CCCC2. The fraction of sp³-hybridized carbons (Fsp3) is 0.455. The Morgan fingerprint density at radius 2 is 1.87 bits per heavy atom. The van der Waals surface area contributed by atoms with Crippen molar-refractivity contribution in [3.63, 3.8) is 0 Å². The van der Waals surface area contributed by atoms with Crippen LogP contribution < -0.4 is 5.32 Å². The minimum Gasteiger partial charge on any atom is -0.462 e. The largest absolute Gasteiger partial charge is 0.462 e. The van der Waals surface area contributed by atoms with Gasteiger partial charge in [-0.3, -0.25) is 4.79 Å². The zero-order chi connectivity index (χ0) is 22.0. The third kappa shape index (κ3) is 4.40. The third-order valence-corrected chi connectivity index (χ3v) is 8.78. The number of benzene rings is 1. The van der Waals surface area contributed by atoms with Crippen molar-refractivity contribution in [3.05, 3.63) is 45.8 Å². The Kier molecular flexibility index (Phi) is 6.45. The van der Waals surface area contributed by atoms with Crippen LogP contribution in [0.1, 0.15) is 63.8 Å². The van der Waals surface area contributed by atoms with Gasteiger partial charge in [0.1, 0.15) is 5.00 Å². The molecule has 2 aliphatic rings. The highest BCUT2D eigenvalue weighted by atomic mass is 32.2. The zero-order valence-electron chi connectivity index (χ0n) is 17.5. The molecule has 1 amide bonds. The summed E-state index contributed by atoms with van der Waals surface area (Å²) in [6.07, 6.45) is 5.42. The normalized spacial score (nSPS) is 16.7. The summed E-state index contributed by atoms with van der Waals surface area (Å²) in [4.78, 5) is 26.8. The van der Waals surface area contributed by atoms with Gasteiger partial charge in [0, 0.05) is 23.5 Å². The van der Waals surface area contributed by atoms with E-state index in [1.54, 1.807) is 19.1 Å². The summed E-state index contributed by atoms with van der Waals surface area (Å²) >= 11 is 1.41. The van der Waals surface area contributed by atoms with Crippen molar-refractivity contribution in [2.24, 2.45) is 0 Å². The van der Waals surface area contributed by atoms with Gasteiger partial charge >= 0.3 is 5.97 Å². The smallest absolute Gasteiger partial charge is 0.341 e. The number of thiophene rings is 1. The molecule has 0 spiro atoms. The molecule has 1 saturated heterocycles. The summed E-state index contributed by atoms with van der Waals surface area (Å²) in [5, 5.41) is 3.32. The summed E-state index contributed by atoms with van der Waals surface area (Å²) in [6, 6.07) is 6.07. The number of anilines is 1. The van der Waals surface area contributed by atoms with Crippen LogP contribution in [-0.2, 0) is 27.6 Å². The van der Waals surface area contributed by atoms with Crippen molar-refractivity contribution in [3.8, 4) is 0 Å². The van der Waals surface area contributed by atoms with E-state index in [0.29, 0.717) is 23.7 Å². The number of nitrogens with zero attached hydrogens (tertiary/aromatic N) is 1. The van der Waals surface area contributed by atoms with Gasteiger partial charge in [0.05, 0.1) is 17.1 Å². The first-order chi connectivity index (χ1) is 14.9. The highest BCUT2D eigenvalue weighted by Gasteiger charge is 2.29. The lowest BCUT2D eigenvalue weighted by Crippen LogP contribution is -2.28. The molecule has 9 heteroatoms. The summed E-state index contributed by atoms with van der Waals surface area (Å²) in [5.74, 6) is -0.870. The number of esters is 1. The average Bonchev–Trinajstić information content (AvgIpc) is 3.42. The Morgan fingerprint density at radius 1 is 1.13 bits per heavy atom. The van der Waals surface area contributed by atoms with Crippen molar-refractivity contribution < 1.29 is 22.7 Å². The topological polar surface area (TPSA) is 92.8 Å². The highest BCUT2D eigenvalue weighted by Crippen LogP contribution is 2.39. The maximum atomic E-state index is 13.0. The van der Waals surface area contributed by atoms with E-state index in [2.05, 4.69) is 5.32 Å². The second-order valence-corrected chi connectivity index (χ2v) is 10.8. The van der Waals surface area contributed by atoms with Crippen LogP contribution in [0.15, 0.2) is 29.2 Å². The van der Waals surface area contributed by atoms with Gasteiger partial charge in [-0.1, -0.05) is 6.07 Å². The van der Waals surface area contributed by atoms with Gasteiger partial charge in [-0.25, -0.2) is 13.2 Å². The molecule has 4 rings (SSSR count). The van der Waals surface area contributed by atoms with Gasteiger partial charge in [-0.15, -0.1) is 11.3 Å². The first-order valence-electron chi connectivity index (χ1n) is 10.6. The number of hydrogen-bond donors (Lipinski definition) is 1. The molecule has 0 atom stereocenters. The fourth-order valence-corrected chi connectivity index (χ4v) is 6.96. The van der Waals surface area contributed by atoms with Gasteiger partial charge in [-0.05, 0) is 69.2 Å². The second-order valence-electron chi connectivity index (χ2n) is 7.73. The second kappa shape index (κ2) is 9.10. The zero-order valence-corrected chi connectivity index (χ0v) is 19.1. The molecule has 0 saturated carbocycles. The van der Waals surface area contributed by atoms with Crippen molar-refractivity contribution in [2.75, 3.05) is 25.0 Å². The fourth-order valence-electron chi connectivity index (χ4n) is 4.12. The number of ether oxygens (including phenoxy) is 1. The lowest BCUT2D eigenvalue weighted by molar-refractivity contribution is 0.0526. The molecular weight excluding hydrogens is 436 g/mol. The lowest BCUT2D eigenvalue weighted by Gasteiger charge is -2.16. The van der Waals surface area contributed by atoms with E-state index in [0.717, 1.165) is 49.0 Å². The Balaban J connectivity index is 1.62. The van der Waals surface area contributed by atoms with Crippen LogP contribution in [0.4, 0.5) is 5.00 Å². The van der Waals surface area contributed by atoms with Crippen LogP contribution >= 0.6 is 11.3 Å². The first-order valence-corrected chi connectivity index (χ1v) is 12.9. The molecule has 7 nitrogen and oxygen atoms in total. The predicted octanol–water partition coefficient (Wildman–Crippen LogP) is 3.84. The Bertz CT molecular complexity index is 1100. The van der Waals surface area contributed by atoms with Crippen LogP contribution in [0.25, 0.3) is 0 Å². The molecule has 1 aliphatic heterocycles. The predicted molar refractivity (Wildman–Crippen MR) is 119 cm³/mol. The molecule has 1 N–H and O–H groups in total. The molecule has 1 aliphatic carbocycles. The minimum atomic E-state index is -3.62. The molecule has 0 bridgehead atoms. The van der Waals surface area contributed by atoms with E-state index < -0.39 is 21.9 Å². The summed E-state index contributed by atoms with van der Waals surface area (Å²) in [7, 11) is -3.62. The molecular formula is C22H26N2O5S2. The number of sulfonamides is 1. The summed E-state index contributed by atoms with van der Waals surface area (Å²) in [6.45, 7) is 3.01. The first kappa shape index (κ1) is 22.0. The summed E-state index contributed by atoms with van der Waals surface area (Å²) in [5.41, 5.74) is 1.65. The standard InChI is InChI=1S/C22H26N2O5S2/c1-2-29-22(26)19-17-10-3-4-11-18(17)30-21(19)23-20(25)15-8-7-9-16(14-15)31(27,28)24-12-5-6-13-24/h7-9,14H,2-6,10-13H2,1H3,(H,23,25). The van der Waals surface area contributed by atoms with Gasteiger partial charge in [0.15, 0.2) is 0 Å². The average molecular weight is 463 g/mol. The number of fused-ring (bicyclic) bond motifs is 1.